The van der Waals surface area contributed by atoms with Gasteiger partial charge in [0.1, 0.15) is 5.82 Å². The van der Waals surface area contributed by atoms with Crippen molar-refractivity contribution in [3.05, 3.63) is 65.5 Å². The molecule has 1 heterocycles. The first-order valence-corrected chi connectivity index (χ1v) is 10.6. The van der Waals surface area contributed by atoms with E-state index in [9.17, 15) is 23.1 Å². The number of benzene rings is 2. The quantitative estimate of drug-likeness (QED) is 0.466. The Morgan fingerprint density at radius 2 is 1.78 bits per heavy atom. The number of aliphatic hydroxyl groups excluding tert-OH is 1. The van der Waals surface area contributed by atoms with Crippen LogP contribution in [-0.2, 0) is 12.6 Å². The zero-order valence-electron chi connectivity index (χ0n) is 17.3. The lowest BCUT2D eigenvalue weighted by molar-refractivity contribution is -0.137. The topological polar surface area (TPSA) is 90.0 Å². The molecule has 0 saturated heterocycles. The molecular weight excluding hydrogens is 421 g/mol. The first-order valence-electron chi connectivity index (χ1n) is 10.6. The summed E-state index contributed by atoms with van der Waals surface area (Å²) in [5.41, 5.74) is 1.48. The van der Waals surface area contributed by atoms with Crippen LogP contribution in [0.25, 0.3) is 11.0 Å². The van der Waals surface area contributed by atoms with Gasteiger partial charge in [-0.25, -0.2) is 9.78 Å². The summed E-state index contributed by atoms with van der Waals surface area (Å²) in [7, 11) is 0. The molecule has 4 N–H and O–H groups in total. The van der Waals surface area contributed by atoms with E-state index in [0.29, 0.717) is 37.1 Å². The number of urea groups is 1. The van der Waals surface area contributed by atoms with Crippen LogP contribution < -0.4 is 10.6 Å². The largest absolute Gasteiger partial charge is 0.416 e. The van der Waals surface area contributed by atoms with Crippen LogP contribution in [0.1, 0.15) is 48.7 Å². The first-order chi connectivity index (χ1) is 15.3. The molecule has 0 aliphatic heterocycles. The number of imidazole rings is 1. The fraction of sp³-hybridized carbons (Fsp3) is 0.391. The highest BCUT2D eigenvalue weighted by Crippen LogP contribution is 2.30. The lowest BCUT2D eigenvalue weighted by Crippen LogP contribution is -2.45. The fourth-order valence-corrected chi connectivity index (χ4v) is 4.02. The summed E-state index contributed by atoms with van der Waals surface area (Å²) in [6, 6.07) is 11.4. The van der Waals surface area contributed by atoms with E-state index >= 15 is 0 Å². The van der Waals surface area contributed by atoms with Gasteiger partial charge in [-0.2, -0.15) is 13.2 Å². The number of nitrogens with zero attached hydrogens (tertiary/aromatic N) is 1. The standard InChI is InChI=1S/C23H25F3N4O2/c24-23(25,26)15-7-5-14(6-8-15)13-20(21-28-18-3-1-2-4-19(18)29-21)30-22(32)27-16-9-11-17(31)12-10-16/h1-8,16-17,20,31H,9-13H2,(H,28,29)(H2,27,30,32)/t16-,17-,20-/m1/s1. The summed E-state index contributed by atoms with van der Waals surface area (Å²) < 4.78 is 38.7. The van der Waals surface area contributed by atoms with Crippen LogP contribution in [0.2, 0.25) is 0 Å². The number of para-hydroxylation sites is 2. The summed E-state index contributed by atoms with van der Waals surface area (Å²) in [6.07, 6.45) is -1.77. The van der Waals surface area contributed by atoms with Crippen LogP contribution >= 0.6 is 0 Å². The minimum absolute atomic E-state index is 0.0270. The summed E-state index contributed by atoms with van der Waals surface area (Å²) >= 11 is 0. The molecule has 170 valence electrons. The number of aromatic amines is 1. The number of aliphatic hydroxyl groups is 1. The highest BCUT2D eigenvalue weighted by Gasteiger charge is 2.30. The fourth-order valence-electron chi connectivity index (χ4n) is 4.02. The smallest absolute Gasteiger partial charge is 0.393 e. The molecule has 32 heavy (non-hydrogen) atoms. The molecule has 0 bridgehead atoms. The minimum Gasteiger partial charge on any atom is -0.393 e. The molecule has 0 spiro atoms. The number of H-pyrrole nitrogens is 1. The third-order valence-corrected chi connectivity index (χ3v) is 5.80. The van der Waals surface area contributed by atoms with Gasteiger partial charge in [-0.05, 0) is 61.9 Å². The molecule has 4 rings (SSSR count). The summed E-state index contributed by atoms with van der Waals surface area (Å²) in [5, 5.41) is 15.5. The number of carbonyl (C=O) groups is 1. The Morgan fingerprint density at radius 1 is 1.09 bits per heavy atom. The number of fused-ring (bicyclic) bond motifs is 1. The second kappa shape index (κ2) is 9.20. The lowest BCUT2D eigenvalue weighted by Gasteiger charge is -2.27. The van der Waals surface area contributed by atoms with Crippen molar-refractivity contribution in [2.45, 2.75) is 56.5 Å². The van der Waals surface area contributed by atoms with E-state index in [2.05, 4.69) is 20.6 Å². The molecule has 1 aliphatic carbocycles. The SMILES string of the molecule is O=C(N[C@H](Cc1ccc(C(F)(F)F)cc1)c1nc2ccccc2[nH]1)N[C@H]1CC[C@H](O)CC1. The van der Waals surface area contributed by atoms with Gasteiger partial charge in [-0.3, -0.25) is 0 Å². The molecule has 2 amide bonds. The van der Waals surface area contributed by atoms with Gasteiger partial charge in [-0.1, -0.05) is 24.3 Å². The maximum absolute atomic E-state index is 12.9. The third-order valence-electron chi connectivity index (χ3n) is 5.80. The van der Waals surface area contributed by atoms with Crippen molar-refractivity contribution in [2.24, 2.45) is 0 Å². The molecule has 1 aromatic heterocycles. The van der Waals surface area contributed by atoms with Gasteiger partial charge in [0.2, 0.25) is 0 Å². The van der Waals surface area contributed by atoms with Crippen molar-refractivity contribution in [3.8, 4) is 0 Å². The Kier molecular flexibility index (Phi) is 6.36. The molecule has 6 nitrogen and oxygen atoms in total. The maximum atomic E-state index is 12.9. The Morgan fingerprint density at radius 3 is 2.44 bits per heavy atom. The third kappa shape index (κ3) is 5.40. The van der Waals surface area contributed by atoms with E-state index < -0.39 is 17.8 Å². The molecule has 2 aromatic carbocycles. The summed E-state index contributed by atoms with van der Waals surface area (Å²) in [6.45, 7) is 0. The number of amides is 2. The van der Waals surface area contributed by atoms with Crippen molar-refractivity contribution >= 4 is 17.1 Å². The van der Waals surface area contributed by atoms with Crippen LogP contribution in [0.15, 0.2) is 48.5 Å². The van der Waals surface area contributed by atoms with Crippen LogP contribution in [0.5, 0.6) is 0 Å². The number of halogens is 3. The van der Waals surface area contributed by atoms with Crippen LogP contribution in [-0.4, -0.2) is 33.3 Å². The van der Waals surface area contributed by atoms with Crippen LogP contribution in [0, 0.1) is 0 Å². The Labute approximate surface area is 183 Å². The molecule has 0 unspecified atom stereocenters. The number of rotatable bonds is 5. The van der Waals surface area contributed by atoms with Crippen molar-refractivity contribution < 1.29 is 23.1 Å². The van der Waals surface area contributed by atoms with Crippen molar-refractivity contribution in [1.82, 2.24) is 20.6 Å². The maximum Gasteiger partial charge on any atom is 0.416 e. The number of alkyl halides is 3. The van der Waals surface area contributed by atoms with Gasteiger partial charge < -0.3 is 20.7 Å². The van der Waals surface area contributed by atoms with Crippen LogP contribution in [0.3, 0.4) is 0 Å². The van der Waals surface area contributed by atoms with Gasteiger partial charge in [-0.15, -0.1) is 0 Å². The van der Waals surface area contributed by atoms with Gasteiger partial charge in [0, 0.05) is 6.04 Å². The summed E-state index contributed by atoms with van der Waals surface area (Å²) in [4.78, 5) is 20.5. The van der Waals surface area contributed by atoms with Gasteiger partial charge in [0.15, 0.2) is 0 Å². The molecule has 0 radical (unpaired) electrons. The van der Waals surface area contributed by atoms with Crippen molar-refractivity contribution in [2.75, 3.05) is 0 Å². The van der Waals surface area contributed by atoms with E-state index in [1.807, 2.05) is 24.3 Å². The summed E-state index contributed by atoms with van der Waals surface area (Å²) in [5.74, 6) is 0.528. The number of hydrogen-bond acceptors (Lipinski definition) is 3. The Balaban J connectivity index is 1.52. The molecule has 1 atom stereocenters. The Hall–Kier alpha value is -3.07. The average Bonchev–Trinajstić information content (AvgIpc) is 3.19. The molecule has 1 aliphatic rings. The predicted octanol–water partition coefficient (Wildman–Crippen LogP) is 4.47. The second-order valence-corrected chi connectivity index (χ2v) is 8.21. The van der Waals surface area contributed by atoms with E-state index in [-0.39, 0.29) is 24.6 Å². The van der Waals surface area contributed by atoms with Gasteiger partial charge in [0.25, 0.3) is 0 Å². The molecule has 1 saturated carbocycles. The highest BCUT2D eigenvalue weighted by atomic mass is 19.4. The average molecular weight is 446 g/mol. The normalized spacial score (nSPS) is 20.1. The first kappa shape index (κ1) is 22.1. The highest BCUT2D eigenvalue weighted by molar-refractivity contribution is 5.76. The van der Waals surface area contributed by atoms with E-state index in [1.54, 1.807) is 0 Å². The number of hydrogen-bond donors (Lipinski definition) is 4. The minimum atomic E-state index is -4.40. The van der Waals surface area contributed by atoms with E-state index in [4.69, 9.17) is 0 Å². The zero-order chi connectivity index (χ0) is 22.7. The molecule has 3 aromatic rings. The lowest BCUT2D eigenvalue weighted by atomic mass is 9.93. The number of aromatic nitrogens is 2. The molecule has 9 heteroatoms. The molecular formula is C23H25F3N4O2. The van der Waals surface area contributed by atoms with Gasteiger partial charge in [0.05, 0.1) is 28.7 Å². The van der Waals surface area contributed by atoms with E-state index in [1.165, 1.54) is 12.1 Å². The van der Waals surface area contributed by atoms with E-state index in [0.717, 1.165) is 23.2 Å². The van der Waals surface area contributed by atoms with Crippen molar-refractivity contribution in [1.29, 1.82) is 0 Å². The zero-order valence-corrected chi connectivity index (χ0v) is 17.3. The predicted molar refractivity (Wildman–Crippen MR) is 114 cm³/mol. The number of carbonyl (C=O) groups excluding carboxylic acids is 1. The second-order valence-electron chi connectivity index (χ2n) is 8.21. The monoisotopic (exact) mass is 446 g/mol. The van der Waals surface area contributed by atoms with Gasteiger partial charge >= 0.3 is 12.2 Å². The van der Waals surface area contributed by atoms with Crippen molar-refractivity contribution in [3.63, 3.8) is 0 Å². The molecule has 1 fully saturated rings. The number of nitrogens with one attached hydrogen (secondary N) is 3. The Bertz CT molecular complexity index is 1020. The van der Waals surface area contributed by atoms with Crippen LogP contribution in [0.4, 0.5) is 18.0 Å².